The number of aliphatic carboxylic acids is 1. The molecule has 23 heavy (non-hydrogen) atoms. The predicted octanol–water partition coefficient (Wildman–Crippen LogP) is 2.34. The highest BCUT2D eigenvalue weighted by Gasteiger charge is 2.37. The van der Waals surface area contributed by atoms with Gasteiger partial charge in [-0.15, -0.1) is 0 Å². The average Bonchev–Trinajstić information content (AvgIpc) is 2.43. The number of carboxylic acids is 1. The van der Waals surface area contributed by atoms with E-state index in [2.05, 4.69) is 0 Å². The molecule has 0 spiro atoms. The standard InChI is InChI=1S/C15H18N2O6/c1-15(2,3)23-14(20)16-8-10-6-11(17(21)22)5-4-9(10)7-12(16)13(18)19/h4-6,12H,7-8H2,1-3H3,(H,18,19)/t12-/m1/s1. The monoisotopic (exact) mass is 322 g/mol. The van der Waals surface area contributed by atoms with Gasteiger partial charge in [0.1, 0.15) is 11.6 Å². The first kappa shape index (κ1) is 16.7. The summed E-state index contributed by atoms with van der Waals surface area (Å²) in [6, 6.07) is 3.18. The zero-order valence-electron chi connectivity index (χ0n) is 13.1. The SMILES string of the molecule is CC(C)(C)OC(=O)N1Cc2cc([N+](=O)[O-])ccc2C[C@@H]1C(=O)O. The van der Waals surface area contributed by atoms with Crippen molar-refractivity contribution in [3.05, 3.63) is 39.4 Å². The van der Waals surface area contributed by atoms with Crippen LogP contribution >= 0.6 is 0 Å². The third-order valence-electron chi connectivity index (χ3n) is 3.44. The van der Waals surface area contributed by atoms with Crippen molar-refractivity contribution in [1.82, 2.24) is 4.90 Å². The Kier molecular flexibility index (Phi) is 4.26. The van der Waals surface area contributed by atoms with E-state index in [4.69, 9.17) is 4.74 Å². The summed E-state index contributed by atoms with van der Waals surface area (Å²) in [5.74, 6) is -1.14. The van der Waals surface area contributed by atoms with Crippen LogP contribution in [0, 0.1) is 10.1 Å². The van der Waals surface area contributed by atoms with E-state index < -0.39 is 28.6 Å². The number of carbonyl (C=O) groups is 2. The van der Waals surface area contributed by atoms with Crippen LogP contribution in [0.1, 0.15) is 31.9 Å². The lowest BCUT2D eigenvalue weighted by atomic mass is 9.94. The van der Waals surface area contributed by atoms with E-state index in [9.17, 15) is 24.8 Å². The van der Waals surface area contributed by atoms with Crippen LogP contribution in [0.15, 0.2) is 18.2 Å². The summed E-state index contributed by atoms with van der Waals surface area (Å²) in [7, 11) is 0. The molecule has 2 rings (SSSR count). The largest absolute Gasteiger partial charge is 0.480 e. The number of nitro groups is 1. The molecule has 124 valence electrons. The predicted molar refractivity (Wildman–Crippen MR) is 80.0 cm³/mol. The summed E-state index contributed by atoms with van der Waals surface area (Å²) >= 11 is 0. The molecule has 0 aromatic heterocycles. The number of rotatable bonds is 2. The van der Waals surface area contributed by atoms with Gasteiger partial charge in [-0.2, -0.15) is 0 Å². The molecule has 1 aromatic carbocycles. The summed E-state index contributed by atoms with van der Waals surface area (Å²) in [4.78, 5) is 35.2. The smallest absolute Gasteiger partial charge is 0.411 e. The van der Waals surface area contributed by atoms with E-state index in [1.54, 1.807) is 20.8 Å². The Morgan fingerprint density at radius 3 is 2.52 bits per heavy atom. The van der Waals surface area contributed by atoms with Crippen molar-refractivity contribution in [2.45, 2.75) is 45.4 Å². The Morgan fingerprint density at radius 2 is 2.00 bits per heavy atom. The Bertz CT molecular complexity index is 664. The molecule has 8 nitrogen and oxygen atoms in total. The van der Waals surface area contributed by atoms with Gasteiger partial charge in [-0.1, -0.05) is 6.07 Å². The quantitative estimate of drug-likeness (QED) is 0.661. The molecule has 0 saturated carbocycles. The normalized spacial score (nSPS) is 17.3. The van der Waals surface area contributed by atoms with Crippen molar-refractivity contribution in [3.63, 3.8) is 0 Å². The first-order chi connectivity index (χ1) is 10.6. The van der Waals surface area contributed by atoms with Crippen LogP contribution in [0.4, 0.5) is 10.5 Å². The topological polar surface area (TPSA) is 110 Å². The fraction of sp³-hybridized carbons (Fsp3) is 0.467. The number of amides is 1. The maximum atomic E-state index is 12.3. The van der Waals surface area contributed by atoms with Crippen molar-refractivity contribution in [2.24, 2.45) is 0 Å². The molecular formula is C15H18N2O6. The Balaban J connectivity index is 2.35. The van der Waals surface area contributed by atoms with Crippen molar-refractivity contribution in [1.29, 1.82) is 0 Å². The van der Waals surface area contributed by atoms with Gasteiger partial charge in [0.2, 0.25) is 0 Å². The summed E-state index contributed by atoms with van der Waals surface area (Å²) in [5.41, 5.74) is 0.385. The molecule has 1 N–H and O–H groups in total. The highest BCUT2D eigenvalue weighted by Crippen LogP contribution is 2.28. The van der Waals surface area contributed by atoms with Gasteiger partial charge in [-0.25, -0.2) is 9.59 Å². The number of non-ortho nitro benzene ring substituents is 1. The van der Waals surface area contributed by atoms with Crippen LogP contribution < -0.4 is 0 Å². The van der Waals surface area contributed by atoms with Crippen molar-refractivity contribution >= 4 is 17.7 Å². The number of hydrogen-bond donors (Lipinski definition) is 1. The van der Waals surface area contributed by atoms with Gasteiger partial charge in [0, 0.05) is 18.6 Å². The first-order valence-corrected chi connectivity index (χ1v) is 7.07. The third-order valence-corrected chi connectivity index (χ3v) is 3.44. The maximum absolute atomic E-state index is 12.3. The number of benzene rings is 1. The molecule has 0 unspecified atom stereocenters. The molecule has 1 heterocycles. The lowest BCUT2D eigenvalue weighted by Crippen LogP contribution is -2.50. The van der Waals surface area contributed by atoms with Gasteiger partial charge in [-0.05, 0) is 31.9 Å². The van der Waals surface area contributed by atoms with Crippen LogP contribution in [-0.4, -0.2) is 38.6 Å². The number of nitro benzene ring substituents is 1. The van der Waals surface area contributed by atoms with Crippen LogP contribution in [0.3, 0.4) is 0 Å². The average molecular weight is 322 g/mol. The second-order valence-corrected chi connectivity index (χ2v) is 6.38. The molecule has 1 amide bonds. The summed E-state index contributed by atoms with van der Waals surface area (Å²) < 4.78 is 5.24. The minimum absolute atomic E-state index is 0.0388. The Hall–Kier alpha value is -2.64. The number of carbonyl (C=O) groups excluding carboxylic acids is 1. The van der Waals surface area contributed by atoms with E-state index in [0.717, 1.165) is 4.90 Å². The molecular weight excluding hydrogens is 304 g/mol. The molecule has 1 aromatic rings. The van der Waals surface area contributed by atoms with Crippen LogP contribution in [0.25, 0.3) is 0 Å². The number of carboxylic acid groups (broad SMARTS) is 1. The van der Waals surface area contributed by atoms with E-state index in [1.807, 2.05) is 0 Å². The Labute approximate surface area is 132 Å². The molecule has 1 aliphatic heterocycles. The Morgan fingerprint density at radius 1 is 1.35 bits per heavy atom. The minimum atomic E-state index is -1.14. The maximum Gasteiger partial charge on any atom is 0.411 e. The number of ether oxygens (including phenoxy) is 1. The fourth-order valence-electron chi connectivity index (χ4n) is 2.42. The molecule has 0 radical (unpaired) electrons. The van der Waals surface area contributed by atoms with Crippen molar-refractivity contribution < 1.29 is 24.4 Å². The van der Waals surface area contributed by atoms with Crippen LogP contribution in [0.5, 0.6) is 0 Å². The molecule has 0 saturated heterocycles. The minimum Gasteiger partial charge on any atom is -0.480 e. The molecule has 1 aliphatic rings. The van der Waals surface area contributed by atoms with Gasteiger partial charge in [0.05, 0.1) is 11.5 Å². The highest BCUT2D eigenvalue weighted by atomic mass is 16.6. The van der Waals surface area contributed by atoms with Gasteiger partial charge < -0.3 is 9.84 Å². The van der Waals surface area contributed by atoms with Crippen LogP contribution in [0.2, 0.25) is 0 Å². The fourth-order valence-corrected chi connectivity index (χ4v) is 2.42. The summed E-state index contributed by atoms with van der Waals surface area (Å²) in [5, 5.41) is 20.2. The van der Waals surface area contributed by atoms with Gasteiger partial charge >= 0.3 is 12.1 Å². The van der Waals surface area contributed by atoms with Gasteiger partial charge in [-0.3, -0.25) is 15.0 Å². The second kappa shape index (κ2) is 5.86. The zero-order chi connectivity index (χ0) is 17.4. The van der Waals surface area contributed by atoms with E-state index in [1.165, 1.54) is 18.2 Å². The van der Waals surface area contributed by atoms with Crippen LogP contribution in [-0.2, 0) is 22.5 Å². The molecule has 0 bridgehead atoms. The number of fused-ring (bicyclic) bond motifs is 1. The molecule has 0 aliphatic carbocycles. The summed E-state index contributed by atoms with van der Waals surface area (Å²) in [6.45, 7) is 5.01. The molecule has 1 atom stereocenters. The van der Waals surface area contributed by atoms with Gasteiger partial charge in [0.25, 0.3) is 5.69 Å². The van der Waals surface area contributed by atoms with E-state index >= 15 is 0 Å². The van der Waals surface area contributed by atoms with E-state index in [0.29, 0.717) is 11.1 Å². The van der Waals surface area contributed by atoms with Crippen molar-refractivity contribution in [3.8, 4) is 0 Å². The highest BCUT2D eigenvalue weighted by molar-refractivity contribution is 5.81. The molecule has 8 heteroatoms. The zero-order valence-corrected chi connectivity index (χ0v) is 13.1. The van der Waals surface area contributed by atoms with E-state index in [-0.39, 0.29) is 18.7 Å². The third kappa shape index (κ3) is 3.77. The first-order valence-electron chi connectivity index (χ1n) is 7.07. The number of nitrogens with zero attached hydrogens (tertiary/aromatic N) is 2. The van der Waals surface area contributed by atoms with Crippen molar-refractivity contribution in [2.75, 3.05) is 0 Å². The lowest BCUT2D eigenvalue weighted by Gasteiger charge is -2.35. The summed E-state index contributed by atoms with van der Waals surface area (Å²) in [6.07, 6.45) is -0.663. The number of hydrogen-bond acceptors (Lipinski definition) is 5. The second-order valence-electron chi connectivity index (χ2n) is 6.38. The molecule has 0 fully saturated rings. The lowest BCUT2D eigenvalue weighted by molar-refractivity contribution is -0.385. The van der Waals surface area contributed by atoms with Gasteiger partial charge in [0.15, 0.2) is 0 Å².